The Bertz CT molecular complexity index is 1450. The van der Waals surface area contributed by atoms with E-state index in [2.05, 4.69) is 56.2 Å². The van der Waals surface area contributed by atoms with Crippen molar-refractivity contribution in [3.63, 3.8) is 0 Å². The van der Waals surface area contributed by atoms with E-state index in [1.165, 1.54) is 55.2 Å². The Morgan fingerprint density at radius 2 is 1.68 bits per heavy atom. The van der Waals surface area contributed by atoms with Gasteiger partial charge in [0.1, 0.15) is 5.75 Å². The first-order valence-corrected chi connectivity index (χ1v) is 16.6. The minimum atomic E-state index is 0.00388. The van der Waals surface area contributed by atoms with E-state index >= 15 is 0 Å². The van der Waals surface area contributed by atoms with E-state index in [4.69, 9.17) is 4.74 Å². The molecule has 4 saturated carbocycles. The molecule has 1 saturated heterocycles. The second-order valence-corrected chi connectivity index (χ2v) is 14.1. The molecule has 2 aromatic heterocycles. The van der Waals surface area contributed by atoms with Crippen LogP contribution in [0.2, 0.25) is 0 Å². The lowest BCUT2D eigenvalue weighted by Crippen LogP contribution is -2.51. The molecule has 44 heavy (non-hydrogen) atoms. The van der Waals surface area contributed by atoms with Gasteiger partial charge in [-0.05, 0) is 110 Å². The zero-order valence-corrected chi connectivity index (χ0v) is 26.5. The maximum atomic E-state index is 13.3. The van der Waals surface area contributed by atoms with Crippen molar-refractivity contribution < 1.29 is 9.53 Å². The molecule has 0 atom stereocenters. The summed E-state index contributed by atoms with van der Waals surface area (Å²) in [5, 5.41) is 8.91. The number of hydrogen-bond acceptors (Lipinski definition) is 7. The topological polar surface area (TPSA) is 74.7 Å². The van der Waals surface area contributed by atoms with Crippen LogP contribution in [0.5, 0.6) is 5.75 Å². The van der Waals surface area contributed by atoms with Crippen molar-refractivity contribution in [1.82, 2.24) is 25.0 Å². The normalized spacial score (nSPS) is 26.2. The van der Waals surface area contributed by atoms with Gasteiger partial charge in [0.15, 0.2) is 11.5 Å². The molecule has 5 fully saturated rings. The van der Waals surface area contributed by atoms with Crippen molar-refractivity contribution in [2.24, 2.45) is 23.2 Å². The summed E-state index contributed by atoms with van der Waals surface area (Å²) in [5.74, 6) is 4.33. The number of nitrogens with zero attached hydrogens (tertiary/aromatic N) is 6. The largest absolute Gasteiger partial charge is 0.492 e. The third kappa shape index (κ3) is 6.06. The third-order valence-corrected chi connectivity index (χ3v) is 10.7. The number of piperazine rings is 1. The van der Waals surface area contributed by atoms with Gasteiger partial charge in [-0.1, -0.05) is 18.2 Å². The molecule has 5 aliphatic rings. The Kier molecular flexibility index (Phi) is 8.04. The van der Waals surface area contributed by atoms with Crippen LogP contribution < -0.4 is 9.64 Å². The summed E-state index contributed by atoms with van der Waals surface area (Å²) in [6.07, 6.45) is 11.9. The van der Waals surface area contributed by atoms with Gasteiger partial charge in [0.25, 0.3) is 5.91 Å². The van der Waals surface area contributed by atoms with Gasteiger partial charge in [-0.25, -0.2) is 0 Å². The van der Waals surface area contributed by atoms with E-state index in [9.17, 15) is 4.79 Å². The lowest BCUT2D eigenvalue weighted by atomic mass is 9.49. The number of benzene rings is 1. The lowest BCUT2D eigenvalue weighted by Gasteiger charge is -2.57. The minimum Gasteiger partial charge on any atom is -0.492 e. The number of carbonyl (C=O) groups is 1. The first-order valence-electron chi connectivity index (χ1n) is 16.6. The predicted molar refractivity (Wildman–Crippen MR) is 173 cm³/mol. The molecule has 8 heteroatoms. The van der Waals surface area contributed by atoms with E-state index in [1.807, 2.05) is 37.2 Å². The highest BCUT2D eigenvalue weighted by molar-refractivity contribution is 5.92. The number of hydrogen-bond donors (Lipinski definition) is 0. The second-order valence-electron chi connectivity index (χ2n) is 14.1. The summed E-state index contributed by atoms with van der Waals surface area (Å²) in [5.41, 5.74) is 5.61. The maximum Gasteiger partial charge on any atom is 0.274 e. The van der Waals surface area contributed by atoms with Crippen LogP contribution in [0.3, 0.4) is 0 Å². The Balaban J connectivity index is 0.915. The van der Waals surface area contributed by atoms with Gasteiger partial charge in [0, 0.05) is 58.1 Å². The molecular weight excluding hydrogens is 548 g/mol. The van der Waals surface area contributed by atoms with Gasteiger partial charge in [0.05, 0.1) is 12.8 Å². The molecule has 0 unspecified atom stereocenters. The molecule has 1 aliphatic heterocycles. The molecule has 0 spiro atoms. The van der Waals surface area contributed by atoms with E-state index in [0.29, 0.717) is 17.7 Å². The number of anilines is 1. The minimum absolute atomic E-state index is 0.00388. The summed E-state index contributed by atoms with van der Waals surface area (Å²) in [6.45, 7) is 10.3. The van der Waals surface area contributed by atoms with Gasteiger partial charge >= 0.3 is 0 Å². The summed E-state index contributed by atoms with van der Waals surface area (Å²) >= 11 is 0. The van der Waals surface area contributed by atoms with Gasteiger partial charge in [-0.3, -0.25) is 14.7 Å². The Morgan fingerprint density at radius 1 is 0.955 bits per heavy atom. The quantitative estimate of drug-likeness (QED) is 0.307. The number of rotatable bonds is 9. The van der Waals surface area contributed by atoms with Crippen LogP contribution in [0.15, 0.2) is 48.8 Å². The van der Waals surface area contributed by atoms with Crippen LogP contribution in [0.1, 0.15) is 67.1 Å². The van der Waals surface area contributed by atoms with E-state index in [0.717, 1.165) is 74.2 Å². The molecule has 1 amide bonds. The number of ether oxygens (including phenoxy) is 1. The molecule has 8 nitrogen and oxygen atoms in total. The number of aryl methyl sites for hydroxylation is 1. The van der Waals surface area contributed by atoms with Crippen molar-refractivity contribution >= 4 is 11.7 Å². The maximum absolute atomic E-state index is 13.3. The Hall–Kier alpha value is -3.52. The first kappa shape index (κ1) is 29.2. The van der Waals surface area contributed by atoms with Crippen LogP contribution in [0, 0.1) is 30.1 Å². The average Bonchev–Trinajstić information content (AvgIpc) is 3.01. The summed E-state index contributed by atoms with van der Waals surface area (Å²) < 4.78 is 5.64. The fourth-order valence-corrected chi connectivity index (χ4v) is 9.22. The number of pyridine rings is 1. The fourth-order valence-electron chi connectivity index (χ4n) is 9.22. The van der Waals surface area contributed by atoms with Gasteiger partial charge in [-0.2, -0.15) is 0 Å². The molecule has 4 aliphatic carbocycles. The van der Waals surface area contributed by atoms with Crippen LogP contribution in [0.25, 0.3) is 11.1 Å². The summed E-state index contributed by atoms with van der Waals surface area (Å²) in [4.78, 5) is 24.4. The Morgan fingerprint density at radius 3 is 2.32 bits per heavy atom. The molecule has 4 bridgehead atoms. The van der Waals surface area contributed by atoms with Gasteiger partial charge in [-0.15, -0.1) is 10.2 Å². The molecular formula is C36H46N6O2. The molecule has 3 aromatic rings. The number of carbonyl (C=O) groups excluding carboxylic acids is 1. The molecule has 8 rings (SSSR count). The third-order valence-electron chi connectivity index (χ3n) is 10.7. The fraction of sp³-hybridized carbons (Fsp3) is 0.556. The highest BCUT2D eigenvalue weighted by Crippen LogP contribution is 2.60. The van der Waals surface area contributed by atoms with Crippen LogP contribution in [-0.2, 0) is 6.54 Å². The van der Waals surface area contributed by atoms with Crippen molar-refractivity contribution in [2.75, 3.05) is 51.3 Å². The van der Waals surface area contributed by atoms with Crippen molar-refractivity contribution in [1.29, 1.82) is 0 Å². The van der Waals surface area contributed by atoms with Crippen molar-refractivity contribution in [2.45, 2.75) is 58.9 Å². The summed E-state index contributed by atoms with van der Waals surface area (Å²) in [6, 6.07) is 12.6. The van der Waals surface area contributed by atoms with E-state index < -0.39 is 0 Å². The summed E-state index contributed by atoms with van der Waals surface area (Å²) in [7, 11) is 1.96. The first-order chi connectivity index (χ1) is 21.4. The van der Waals surface area contributed by atoms with Crippen LogP contribution in [-0.4, -0.2) is 77.3 Å². The van der Waals surface area contributed by atoms with E-state index in [-0.39, 0.29) is 5.91 Å². The van der Waals surface area contributed by atoms with Crippen molar-refractivity contribution in [3.8, 4) is 16.9 Å². The SMILES string of the molecule is CCOc1cncc(-c2ccc(CN3CCN(c4ccc(C(=O)N(C)CC56CC7CC(CC(C7)C5)C6)nn4)CC3)cc2C)c1. The molecule has 232 valence electrons. The number of aromatic nitrogens is 3. The number of amides is 1. The van der Waals surface area contributed by atoms with Crippen molar-refractivity contribution in [3.05, 3.63) is 65.6 Å². The Labute approximate surface area is 261 Å². The second kappa shape index (κ2) is 12.1. The zero-order chi connectivity index (χ0) is 30.3. The predicted octanol–water partition coefficient (Wildman–Crippen LogP) is 5.86. The van der Waals surface area contributed by atoms with Crippen LogP contribution in [0.4, 0.5) is 5.82 Å². The standard InChI is InChI=1S/C36H46N6O2/c1-4-44-31-17-30(21-37-22-31)32-6-5-26(13-25(32)2)23-41-9-11-42(12-10-41)34-8-7-33(38-39-34)35(43)40(3)24-36-18-27-14-28(19-36)16-29(15-27)20-36/h5-8,13,17,21-22,27-29H,4,9-12,14-16,18-20,23-24H2,1-3H3. The average molecular weight is 595 g/mol. The van der Waals surface area contributed by atoms with Gasteiger partial charge in [0.2, 0.25) is 0 Å². The van der Waals surface area contributed by atoms with Gasteiger partial charge < -0.3 is 14.5 Å². The molecule has 3 heterocycles. The molecule has 0 N–H and O–H groups in total. The smallest absolute Gasteiger partial charge is 0.274 e. The molecule has 0 radical (unpaired) electrons. The van der Waals surface area contributed by atoms with E-state index in [1.54, 1.807) is 6.20 Å². The zero-order valence-electron chi connectivity index (χ0n) is 26.5. The van der Waals surface area contributed by atoms with Crippen LogP contribution >= 0.6 is 0 Å². The molecule has 1 aromatic carbocycles. The highest BCUT2D eigenvalue weighted by atomic mass is 16.5. The highest BCUT2D eigenvalue weighted by Gasteiger charge is 2.51. The lowest BCUT2D eigenvalue weighted by molar-refractivity contribution is -0.0629. The monoisotopic (exact) mass is 594 g/mol.